The largest absolute Gasteiger partial charge is 0.389 e. The Morgan fingerprint density at radius 1 is 1.38 bits per heavy atom. The Morgan fingerprint density at radius 2 is 1.95 bits per heavy atom. The van der Waals surface area contributed by atoms with E-state index in [0.29, 0.717) is 13.0 Å². The Kier molecular flexibility index (Phi) is 4.30. The summed E-state index contributed by atoms with van der Waals surface area (Å²) in [6.45, 7) is 3.86. The number of amides is 1. The molecule has 1 N–H and O–H groups in total. The van der Waals surface area contributed by atoms with Crippen LogP contribution in [0.4, 0.5) is 14.5 Å². The summed E-state index contributed by atoms with van der Waals surface area (Å²) in [6, 6.07) is 3.07. The molecule has 0 spiro atoms. The number of rotatable bonds is 4. The topological polar surface area (TPSA) is 43.8 Å². The second-order valence-corrected chi connectivity index (χ2v) is 6.09. The van der Waals surface area contributed by atoms with E-state index < -0.39 is 23.3 Å². The number of anilines is 1. The van der Waals surface area contributed by atoms with Gasteiger partial charge >= 0.3 is 0 Å². The van der Waals surface area contributed by atoms with Gasteiger partial charge in [0.15, 0.2) is 0 Å². The van der Waals surface area contributed by atoms with Gasteiger partial charge in [-0.3, -0.25) is 9.69 Å². The van der Waals surface area contributed by atoms with Gasteiger partial charge < -0.3 is 10.0 Å². The molecule has 1 heterocycles. The standard InChI is InChI=1S/C15H20F2N2O2/c1-15(2,21)9-18(3)12-7-8-19(14(12)20)13-10(16)5-4-6-11(13)17/h4-6,12,21H,7-9H2,1-3H3. The van der Waals surface area contributed by atoms with Gasteiger partial charge in [-0.25, -0.2) is 8.78 Å². The van der Waals surface area contributed by atoms with Gasteiger partial charge in [-0.05, 0) is 39.4 Å². The summed E-state index contributed by atoms with van der Waals surface area (Å²) in [5, 5.41) is 9.82. The quantitative estimate of drug-likeness (QED) is 0.921. The number of nitrogens with zero attached hydrogens (tertiary/aromatic N) is 2. The number of carbonyl (C=O) groups is 1. The van der Waals surface area contributed by atoms with Crippen molar-refractivity contribution in [1.82, 2.24) is 4.90 Å². The Labute approximate surface area is 123 Å². The van der Waals surface area contributed by atoms with Gasteiger partial charge in [0.05, 0.1) is 11.6 Å². The highest BCUT2D eigenvalue weighted by Gasteiger charge is 2.38. The first-order chi connectivity index (χ1) is 9.70. The monoisotopic (exact) mass is 298 g/mol. The molecular formula is C15H20F2N2O2. The third-order valence-corrected chi connectivity index (χ3v) is 3.55. The van der Waals surface area contributed by atoms with Crippen molar-refractivity contribution >= 4 is 11.6 Å². The molecular weight excluding hydrogens is 278 g/mol. The van der Waals surface area contributed by atoms with Crippen LogP contribution in [0, 0.1) is 11.6 Å². The second-order valence-electron chi connectivity index (χ2n) is 6.09. The summed E-state index contributed by atoms with van der Waals surface area (Å²) in [4.78, 5) is 15.3. The van der Waals surface area contributed by atoms with Crippen molar-refractivity contribution in [2.45, 2.75) is 31.9 Å². The van der Waals surface area contributed by atoms with Crippen molar-refractivity contribution in [2.75, 3.05) is 25.0 Å². The van der Waals surface area contributed by atoms with Crippen LogP contribution in [0.2, 0.25) is 0 Å². The van der Waals surface area contributed by atoms with Gasteiger partial charge in [0.2, 0.25) is 5.91 Å². The predicted octanol–water partition coefficient (Wildman–Crippen LogP) is 1.77. The zero-order chi connectivity index (χ0) is 15.8. The first kappa shape index (κ1) is 15.9. The summed E-state index contributed by atoms with van der Waals surface area (Å²) < 4.78 is 27.6. The van der Waals surface area contributed by atoms with Crippen LogP contribution in [0.5, 0.6) is 0 Å². The van der Waals surface area contributed by atoms with Crippen molar-refractivity contribution in [3.05, 3.63) is 29.8 Å². The Hall–Kier alpha value is -1.53. The number of carbonyl (C=O) groups excluding carboxylic acids is 1. The SMILES string of the molecule is CN(CC(C)(C)O)C1CCN(c2c(F)cccc2F)C1=O. The van der Waals surface area contributed by atoms with Crippen LogP contribution >= 0.6 is 0 Å². The maximum absolute atomic E-state index is 13.8. The normalized spacial score (nSPS) is 19.7. The molecule has 0 radical (unpaired) electrons. The van der Waals surface area contributed by atoms with E-state index in [1.165, 1.54) is 6.07 Å². The van der Waals surface area contributed by atoms with E-state index in [4.69, 9.17) is 0 Å². The molecule has 1 aliphatic rings. The number of hydrogen-bond donors (Lipinski definition) is 1. The van der Waals surface area contributed by atoms with Crippen LogP contribution in [-0.4, -0.2) is 47.7 Å². The number of halogens is 2. The molecule has 6 heteroatoms. The number of hydrogen-bond acceptors (Lipinski definition) is 3. The second kappa shape index (κ2) is 5.69. The Balaban J connectivity index is 2.19. The molecule has 1 saturated heterocycles. The lowest BCUT2D eigenvalue weighted by atomic mass is 10.1. The highest BCUT2D eigenvalue weighted by Crippen LogP contribution is 2.29. The maximum atomic E-state index is 13.8. The van der Waals surface area contributed by atoms with Crippen LogP contribution in [0.15, 0.2) is 18.2 Å². The third kappa shape index (κ3) is 3.39. The van der Waals surface area contributed by atoms with Crippen LogP contribution in [0.25, 0.3) is 0 Å². The van der Waals surface area contributed by atoms with Gasteiger partial charge in [-0.2, -0.15) is 0 Å². The van der Waals surface area contributed by atoms with E-state index in [1.54, 1.807) is 25.8 Å². The summed E-state index contributed by atoms with van der Waals surface area (Å²) >= 11 is 0. The van der Waals surface area contributed by atoms with Crippen molar-refractivity contribution < 1.29 is 18.7 Å². The fraction of sp³-hybridized carbons (Fsp3) is 0.533. The lowest BCUT2D eigenvalue weighted by molar-refractivity contribution is -0.122. The maximum Gasteiger partial charge on any atom is 0.244 e. The summed E-state index contributed by atoms with van der Waals surface area (Å²) in [5.41, 5.74) is -1.23. The lowest BCUT2D eigenvalue weighted by Gasteiger charge is -2.29. The van der Waals surface area contributed by atoms with Crippen molar-refractivity contribution in [1.29, 1.82) is 0 Å². The minimum atomic E-state index is -0.939. The first-order valence-corrected chi connectivity index (χ1v) is 6.89. The fourth-order valence-corrected chi connectivity index (χ4v) is 2.76. The zero-order valence-electron chi connectivity index (χ0n) is 12.4. The summed E-state index contributed by atoms with van der Waals surface area (Å²) in [5.74, 6) is -1.82. The summed E-state index contributed by atoms with van der Waals surface area (Å²) in [6.07, 6.45) is 0.471. The van der Waals surface area contributed by atoms with Gasteiger partial charge in [0.25, 0.3) is 0 Å². The molecule has 1 amide bonds. The molecule has 2 rings (SSSR count). The van der Waals surface area contributed by atoms with Crippen LogP contribution < -0.4 is 4.90 Å². The number of aliphatic hydroxyl groups is 1. The predicted molar refractivity (Wildman–Crippen MR) is 76.0 cm³/mol. The van der Waals surface area contributed by atoms with Gasteiger partial charge in [0.1, 0.15) is 17.3 Å². The Bertz CT molecular complexity index is 523. The van der Waals surface area contributed by atoms with E-state index in [0.717, 1.165) is 17.0 Å². The smallest absolute Gasteiger partial charge is 0.244 e. The lowest BCUT2D eigenvalue weighted by Crippen LogP contribution is -2.46. The molecule has 1 aromatic rings. The molecule has 0 saturated carbocycles. The van der Waals surface area contributed by atoms with E-state index >= 15 is 0 Å². The zero-order valence-corrected chi connectivity index (χ0v) is 12.4. The van der Waals surface area contributed by atoms with Crippen molar-refractivity contribution in [3.63, 3.8) is 0 Å². The Morgan fingerprint density at radius 3 is 2.48 bits per heavy atom. The molecule has 4 nitrogen and oxygen atoms in total. The van der Waals surface area contributed by atoms with Gasteiger partial charge in [-0.15, -0.1) is 0 Å². The molecule has 21 heavy (non-hydrogen) atoms. The van der Waals surface area contributed by atoms with E-state index in [2.05, 4.69) is 0 Å². The van der Waals surface area contributed by atoms with E-state index in [9.17, 15) is 18.7 Å². The number of para-hydroxylation sites is 1. The highest BCUT2D eigenvalue weighted by atomic mass is 19.1. The molecule has 1 fully saturated rings. The highest BCUT2D eigenvalue weighted by molar-refractivity contribution is 5.99. The third-order valence-electron chi connectivity index (χ3n) is 3.55. The van der Waals surface area contributed by atoms with E-state index in [1.807, 2.05) is 0 Å². The molecule has 1 aromatic carbocycles. The van der Waals surface area contributed by atoms with E-state index in [-0.39, 0.29) is 18.1 Å². The molecule has 1 atom stereocenters. The number of benzene rings is 1. The molecule has 0 bridgehead atoms. The van der Waals surface area contributed by atoms with Crippen LogP contribution in [0.3, 0.4) is 0 Å². The summed E-state index contributed by atoms with van der Waals surface area (Å²) in [7, 11) is 1.72. The van der Waals surface area contributed by atoms with Crippen molar-refractivity contribution in [2.24, 2.45) is 0 Å². The molecule has 116 valence electrons. The fourth-order valence-electron chi connectivity index (χ4n) is 2.76. The van der Waals surface area contributed by atoms with Crippen molar-refractivity contribution in [3.8, 4) is 0 Å². The van der Waals surface area contributed by atoms with Crippen LogP contribution in [0.1, 0.15) is 20.3 Å². The minimum absolute atomic E-state index is 0.261. The first-order valence-electron chi connectivity index (χ1n) is 6.89. The average molecular weight is 298 g/mol. The molecule has 0 aromatic heterocycles. The molecule has 1 aliphatic heterocycles. The van der Waals surface area contributed by atoms with Crippen LogP contribution in [-0.2, 0) is 4.79 Å². The van der Waals surface area contributed by atoms with Gasteiger partial charge in [-0.1, -0.05) is 6.07 Å². The minimum Gasteiger partial charge on any atom is -0.389 e. The molecule has 0 aliphatic carbocycles. The average Bonchev–Trinajstić information content (AvgIpc) is 2.69. The molecule has 1 unspecified atom stereocenters. The van der Waals surface area contributed by atoms with Gasteiger partial charge in [0, 0.05) is 13.1 Å². The number of likely N-dealkylation sites (N-methyl/N-ethyl adjacent to an activating group) is 1.